The average Bonchev–Trinajstić information content (AvgIpc) is 2.54. The standard InChI is InChI=1S/C15H13N3O4/c19-14(20)10-22-13-7-2-1-5-11(13)9-17-18-15(21)12-6-3-4-8-16-12/h1-9H,10H2,(H,18,21)(H,19,20)/p-1/b17-9-. The van der Waals surface area contributed by atoms with Gasteiger partial charge < -0.3 is 14.6 Å². The molecule has 22 heavy (non-hydrogen) atoms. The van der Waals surface area contributed by atoms with Crippen LogP contribution in [0.25, 0.3) is 0 Å². The Morgan fingerprint density at radius 1 is 1.23 bits per heavy atom. The van der Waals surface area contributed by atoms with Crippen molar-refractivity contribution in [3.05, 3.63) is 59.9 Å². The molecule has 0 spiro atoms. The summed E-state index contributed by atoms with van der Waals surface area (Å²) in [5.74, 6) is -1.46. The van der Waals surface area contributed by atoms with E-state index in [0.29, 0.717) is 11.3 Å². The molecule has 1 amide bonds. The molecule has 2 aromatic rings. The van der Waals surface area contributed by atoms with Crippen LogP contribution in [0.1, 0.15) is 16.1 Å². The Bertz CT molecular complexity index is 686. The van der Waals surface area contributed by atoms with Gasteiger partial charge in [-0.25, -0.2) is 5.43 Å². The number of ether oxygens (including phenoxy) is 1. The van der Waals surface area contributed by atoms with Crippen molar-refractivity contribution in [2.75, 3.05) is 6.61 Å². The van der Waals surface area contributed by atoms with E-state index in [2.05, 4.69) is 15.5 Å². The van der Waals surface area contributed by atoms with Gasteiger partial charge in [-0.15, -0.1) is 0 Å². The van der Waals surface area contributed by atoms with Crippen LogP contribution < -0.4 is 15.3 Å². The first-order valence-corrected chi connectivity index (χ1v) is 6.33. The Kier molecular flexibility index (Phi) is 5.20. The summed E-state index contributed by atoms with van der Waals surface area (Å²) in [5, 5.41) is 14.2. The van der Waals surface area contributed by atoms with Gasteiger partial charge in [0, 0.05) is 11.8 Å². The molecule has 0 aliphatic rings. The van der Waals surface area contributed by atoms with E-state index in [9.17, 15) is 14.7 Å². The highest BCUT2D eigenvalue weighted by Crippen LogP contribution is 2.15. The van der Waals surface area contributed by atoms with Crippen LogP contribution in [0.4, 0.5) is 0 Å². The van der Waals surface area contributed by atoms with Crippen molar-refractivity contribution >= 4 is 18.1 Å². The molecule has 112 valence electrons. The van der Waals surface area contributed by atoms with Gasteiger partial charge in [0.05, 0.1) is 12.2 Å². The highest BCUT2D eigenvalue weighted by molar-refractivity contribution is 5.93. The fraction of sp³-hybridized carbons (Fsp3) is 0.0667. The summed E-state index contributed by atoms with van der Waals surface area (Å²) in [7, 11) is 0. The molecule has 1 aromatic heterocycles. The lowest BCUT2D eigenvalue weighted by molar-refractivity contribution is -0.307. The van der Waals surface area contributed by atoms with Gasteiger partial charge in [-0.1, -0.05) is 18.2 Å². The van der Waals surface area contributed by atoms with Crippen molar-refractivity contribution in [3.63, 3.8) is 0 Å². The molecule has 0 radical (unpaired) electrons. The van der Waals surface area contributed by atoms with Gasteiger partial charge in [0.15, 0.2) is 0 Å². The van der Waals surface area contributed by atoms with Crippen LogP contribution >= 0.6 is 0 Å². The minimum absolute atomic E-state index is 0.237. The smallest absolute Gasteiger partial charge is 0.289 e. The maximum Gasteiger partial charge on any atom is 0.289 e. The topological polar surface area (TPSA) is 104 Å². The highest BCUT2D eigenvalue weighted by atomic mass is 16.5. The number of carboxylic acids is 1. The van der Waals surface area contributed by atoms with E-state index in [1.54, 1.807) is 42.5 Å². The second kappa shape index (κ2) is 7.53. The number of aromatic nitrogens is 1. The fourth-order valence-electron chi connectivity index (χ4n) is 1.57. The monoisotopic (exact) mass is 298 g/mol. The first kappa shape index (κ1) is 15.2. The van der Waals surface area contributed by atoms with Gasteiger partial charge in [-0.3, -0.25) is 9.78 Å². The summed E-state index contributed by atoms with van der Waals surface area (Å²) in [6.07, 6.45) is 2.85. The average molecular weight is 298 g/mol. The van der Waals surface area contributed by atoms with Gasteiger partial charge in [0.25, 0.3) is 5.91 Å². The molecular formula is C15H12N3O4-. The van der Waals surface area contributed by atoms with Crippen molar-refractivity contribution in [3.8, 4) is 5.75 Å². The van der Waals surface area contributed by atoms with Crippen molar-refractivity contribution in [2.24, 2.45) is 5.10 Å². The van der Waals surface area contributed by atoms with E-state index in [1.807, 2.05) is 0 Å². The molecule has 0 aliphatic carbocycles. The third kappa shape index (κ3) is 4.41. The Morgan fingerprint density at radius 3 is 2.73 bits per heavy atom. The molecule has 2 rings (SSSR count). The molecule has 0 bridgehead atoms. The lowest BCUT2D eigenvalue weighted by atomic mass is 10.2. The van der Waals surface area contributed by atoms with Gasteiger partial charge in [0.1, 0.15) is 18.1 Å². The zero-order chi connectivity index (χ0) is 15.8. The van der Waals surface area contributed by atoms with Crippen molar-refractivity contribution < 1.29 is 19.4 Å². The molecular weight excluding hydrogens is 286 g/mol. The third-order valence-electron chi connectivity index (χ3n) is 2.53. The molecule has 0 atom stereocenters. The van der Waals surface area contributed by atoms with E-state index in [0.717, 1.165) is 0 Å². The number of aliphatic carboxylic acids is 1. The number of carboxylic acid groups (broad SMARTS) is 1. The van der Waals surface area contributed by atoms with Crippen molar-refractivity contribution in [1.82, 2.24) is 10.4 Å². The van der Waals surface area contributed by atoms with E-state index in [4.69, 9.17) is 4.74 Å². The quantitative estimate of drug-likeness (QED) is 0.596. The number of rotatable bonds is 6. The SMILES string of the molecule is O=C([O-])COc1ccccc1/C=N\NC(=O)c1ccccn1. The summed E-state index contributed by atoms with van der Waals surface area (Å²) in [6, 6.07) is 11.6. The number of amides is 1. The molecule has 0 aliphatic heterocycles. The predicted octanol–water partition coefficient (Wildman–Crippen LogP) is -0.0258. The second-order valence-electron chi connectivity index (χ2n) is 4.11. The Hall–Kier alpha value is -3.22. The largest absolute Gasteiger partial charge is 0.546 e. The van der Waals surface area contributed by atoms with Crippen LogP contribution in [-0.4, -0.2) is 29.7 Å². The number of nitrogens with zero attached hydrogens (tertiary/aromatic N) is 2. The lowest BCUT2D eigenvalue weighted by Crippen LogP contribution is -2.29. The van der Waals surface area contributed by atoms with E-state index < -0.39 is 18.5 Å². The predicted molar refractivity (Wildman–Crippen MR) is 76.2 cm³/mol. The Balaban J connectivity index is 2.01. The van der Waals surface area contributed by atoms with Crippen LogP contribution in [0.2, 0.25) is 0 Å². The number of hydrogen-bond acceptors (Lipinski definition) is 6. The second-order valence-corrected chi connectivity index (χ2v) is 4.11. The molecule has 0 saturated heterocycles. The Morgan fingerprint density at radius 2 is 2.00 bits per heavy atom. The zero-order valence-electron chi connectivity index (χ0n) is 11.4. The van der Waals surface area contributed by atoms with Crippen LogP contribution in [0, 0.1) is 0 Å². The molecule has 7 heteroatoms. The summed E-state index contributed by atoms with van der Waals surface area (Å²) in [4.78, 5) is 26.0. The number of carbonyl (C=O) groups is 2. The minimum Gasteiger partial charge on any atom is -0.546 e. The molecule has 1 N–H and O–H groups in total. The number of nitrogens with one attached hydrogen (secondary N) is 1. The van der Waals surface area contributed by atoms with Crippen LogP contribution in [0.15, 0.2) is 53.8 Å². The van der Waals surface area contributed by atoms with Gasteiger partial charge in [-0.2, -0.15) is 5.10 Å². The molecule has 0 unspecified atom stereocenters. The number of pyridine rings is 1. The van der Waals surface area contributed by atoms with Crippen LogP contribution in [0.3, 0.4) is 0 Å². The molecule has 1 heterocycles. The van der Waals surface area contributed by atoms with Gasteiger partial charge in [-0.05, 0) is 24.3 Å². The molecule has 7 nitrogen and oxygen atoms in total. The fourth-order valence-corrected chi connectivity index (χ4v) is 1.57. The third-order valence-corrected chi connectivity index (χ3v) is 2.53. The Labute approximate surface area is 126 Å². The summed E-state index contributed by atoms with van der Waals surface area (Å²) in [6.45, 7) is -0.564. The number of para-hydroxylation sites is 1. The van der Waals surface area contributed by atoms with E-state index in [1.165, 1.54) is 12.4 Å². The van der Waals surface area contributed by atoms with Crippen molar-refractivity contribution in [2.45, 2.75) is 0 Å². The molecule has 0 fully saturated rings. The number of hydrazone groups is 1. The lowest BCUT2D eigenvalue weighted by Gasteiger charge is -2.08. The number of hydrogen-bond donors (Lipinski definition) is 1. The normalized spacial score (nSPS) is 10.4. The maximum atomic E-state index is 11.7. The first-order valence-electron chi connectivity index (χ1n) is 6.33. The molecule has 1 aromatic carbocycles. The number of carbonyl (C=O) groups excluding carboxylic acids is 2. The van der Waals surface area contributed by atoms with Gasteiger partial charge in [0.2, 0.25) is 0 Å². The van der Waals surface area contributed by atoms with Crippen LogP contribution in [-0.2, 0) is 4.79 Å². The summed E-state index contributed by atoms with van der Waals surface area (Å²) in [5.41, 5.74) is 3.08. The first-order chi connectivity index (χ1) is 10.7. The van der Waals surface area contributed by atoms with E-state index in [-0.39, 0.29) is 5.69 Å². The minimum atomic E-state index is -1.32. The number of benzene rings is 1. The summed E-state index contributed by atoms with van der Waals surface area (Å²) < 4.78 is 5.06. The van der Waals surface area contributed by atoms with Crippen LogP contribution in [0.5, 0.6) is 5.75 Å². The summed E-state index contributed by atoms with van der Waals surface area (Å²) >= 11 is 0. The maximum absolute atomic E-state index is 11.7. The van der Waals surface area contributed by atoms with Gasteiger partial charge >= 0.3 is 0 Å². The van der Waals surface area contributed by atoms with E-state index >= 15 is 0 Å². The highest BCUT2D eigenvalue weighted by Gasteiger charge is 2.04. The molecule has 0 saturated carbocycles. The zero-order valence-corrected chi connectivity index (χ0v) is 11.4. The van der Waals surface area contributed by atoms with Crippen molar-refractivity contribution in [1.29, 1.82) is 0 Å².